The summed E-state index contributed by atoms with van der Waals surface area (Å²) in [5.41, 5.74) is 3.26. The Hall–Kier alpha value is -2.69. The van der Waals surface area contributed by atoms with Crippen molar-refractivity contribution in [1.82, 2.24) is 4.57 Å². The fourth-order valence-corrected chi connectivity index (χ4v) is 6.72. The van der Waals surface area contributed by atoms with Gasteiger partial charge in [0.05, 0.1) is 7.05 Å². The van der Waals surface area contributed by atoms with Crippen LogP contribution in [0.1, 0.15) is 0 Å². The second-order valence-corrected chi connectivity index (χ2v) is 10.2. The quantitative estimate of drug-likeness (QED) is 0.192. The lowest BCUT2D eigenvalue weighted by Gasteiger charge is -2.20. The average Bonchev–Trinajstić information content (AvgIpc) is 3.16. The van der Waals surface area contributed by atoms with Crippen molar-refractivity contribution in [3.63, 3.8) is 0 Å². The van der Waals surface area contributed by atoms with Gasteiger partial charge < -0.3 is 28.5 Å². The predicted molar refractivity (Wildman–Crippen MR) is 124 cm³/mol. The molecule has 0 saturated heterocycles. The van der Waals surface area contributed by atoms with Crippen molar-refractivity contribution in [2.45, 2.75) is 0 Å². The van der Waals surface area contributed by atoms with E-state index in [4.69, 9.17) is 0 Å². The molecule has 0 saturated carbocycles. The lowest BCUT2D eigenvalue weighted by atomic mass is 10.3. The third-order valence-corrected chi connectivity index (χ3v) is 8.58. The zero-order chi connectivity index (χ0) is 20.6. The first-order valence-corrected chi connectivity index (χ1v) is 11.7. The van der Waals surface area contributed by atoms with Gasteiger partial charge in [-0.1, -0.05) is 84.9 Å². The van der Waals surface area contributed by atoms with Crippen LogP contribution in [-0.2, 0) is 11.6 Å². The SMILES string of the molecule is C[n+]1cn(-c2cccc(P(=O)(c3ccccc3)c3ccccc3)c2)c2ccccc21.[I-]. The standard InChI is InChI=1S/C26H22N2OP.HI/c1-27-20-28(26-18-9-8-17-25(26)27)21-11-10-16-24(19-21)30(29,22-12-4-2-5-13-22)23-14-6-3-7-15-23;/h2-20H,1H3;1H/q+1;/p-1. The summed E-state index contributed by atoms with van der Waals surface area (Å²) in [6, 6.07) is 36.0. The monoisotopic (exact) mass is 536 g/mol. The molecule has 5 heteroatoms. The van der Waals surface area contributed by atoms with Gasteiger partial charge in [-0.3, -0.25) is 0 Å². The summed E-state index contributed by atoms with van der Waals surface area (Å²) >= 11 is 0. The van der Waals surface area contributed by atoms with Gasteiger partial charge in [-0.15, -0.1) is 0 Å². The molecule has 4 aromatic carbocycles. The summed E-state index contributed by atoms with van der Waals surface area (Å²) < 4.78 is 18.9. The third kappa shape index (κ3) is 3.75. The van der Waals surface area contributed by atoms with Crippen LogP contribution in [0.2, 0.25) is 0 Å². The van der Waals surface area contributed by atoms with E-state index in [9.17, 15) is 4.57 Å². The minimum absolute atomic E-state index is 0. The first kappa shape index (κ1) is 21.5. The molecule has 5 rings (SSSR count). The Morgan fingerprint density at radius 3 is 1.87 bits per heavy atom. The van der Waals surface area contributed by atoms with Crippen molar-refractivity contribution < 1.29 is 33.1 Å². The predicted octanol–water partition coefficient (Wildman–Crippen LogP) is 1.10. The number of hydrogen-bond donors (Lipinski definition) is 0. The smallest absolute Gasteiger partial charge is 0.249 e. The number of aromatic nitrogens is 2. The molecule has 0 radical (unpaired) electrons. The molecule has 0 unspecified atom stereocenters. The molecule has 0 aliphatic heterocycles. The Morgan fingerprint density at radius 1 is 0.677 bits per heavy atom. The average molecular weight is 536 g/mol. The topological polar surface area (TPSA) is 25.9 Å². The maximum absolute atomic E-state index is 14.7. The van der Waals surface area contributed by atoms with Crippen molar-refractivity contribution >= 4 is 34.1 Å². The van der Waals surface area contributed by atoms with Gasteiger partial charge in [-0.2, -0.15) is 4.57 Å². The van der Waals surface area contributed by atoms with Crippen molar-refractivity contribution in [3.05, 3.63) is 116 Å². The van der Waals surface area contributed by atoms with Gasteiger partial charge in [-0.05, 0) is 24.3 Å². The Morgan fingerprint density at radius 2 is 1.23 bits per heavy atom. The Kier molecular flexibility index (Phi) is 6.12. The van der Waals surface area contributed by atoms with E-state index >= 15 is 0 Å². The fourth-order valence-electron chi connectivity index (χ4n) is 4.03. The fraction of sp³-hybridized carbons (Fsp3) is 0.0385. The highest BCUT2D eigenvalue weighted by molar-refractivity contribution is 7.85. The lowest BCUT2D eigenvalue weighted by Crippen LogP contribution is -3.00. The molecule has 31 heavy (non-hydrogen) atoms. The number of fused-ring (bicyclic) bond motifs is 1. The molecule has 0 atom stereocenters. The molecule has 0 aliphatic carbocycles. The summed E-state index contributed by atoms with van der Waals surface area (Å²) in [5.74, 6) is 0. The van der Waals surface area contributed by atoms with Crippen LogP contribution in [0.25, 0.3) is 16.7 Å². The van der Waals surface area contributed by atoms with Gasteiger partial charge >= 0.3 is 0 Å². The van der Waals surface area contributed by atoms with E-state index in [1.54, 1.807) is 0 Å². The van der Waals surface area contributed by atoms with Gasteiger partial charge in [-0.25, -0.2) is 4.57 Å². The van der Waals surface area contributed by atoms with E-state index in [1.807, 2.05) is 92.0 Å². The molecule has 1 heterocycles. The molecule has 5 aromatic rings. The molecule has 0 fully saturated rings. The number of rotatable bonds is 4. The van der Waals surface area contributed by atoms with E-state index in [-0.39, 0.29) is 24.0 Å². The summed E-state index contributed by atoms with van der Waals surface area (Å²) in [4.78, 5) is 0. The van der Waals surface area contributed by atoms with Crippen LogP contribution < -0.4 is 44.5 Å². The third-order valence-electron chi connectivity index (χ3n) is 5.52. The van der Waals surface area contributed by atoms with E-state index < -0.39 is 7.14 Å². The first-order chi connectivity index (χ1) is 14.7. The van der Waals surface area contributed by atoms with Gasteiger partial charge in [0.25, 0.3) is 0 Å². The lowest BCUT2D eigenvalue weighted by molar-refractivity contribution is -0.645. The van der Waals surface area contributed by atoms with E-state index in [0.717, 1.165) is 32.6 Å². The summed E-state index contributed by atoms with van der Waals surface area (Å²) in [6.07, 6.45) is 2.07. The van der Waals surface area contributed by atoms with Gasteiger partial charge in [0.2, 0.25) is 6.33 Å². The van der Waals surface area contributed by atoms with E-state index in [1.165, 1.54) is 0 Å². The van der Waals surface area contributed by atoms with Crippen molar-refractivity contribution in [2.75, 3.05) is 0 Å². The molecule has 3 nitrogen and oxygen atoms in total. The number of imidazole rings is 1. The maximum atomic E-state index is 14.7. The highest BCUT2D eigenvalue weighted by atomic mass is 127. The molecule has 0 N–H and O–H groups in total. The summed E-state index contributed by atoms with van der Waals surface area (Å²) in [7, 11) is -0.954. The van der Waals surface area contributed by atoms with Crippen LogP contribution in [0.3, 0.4) is 0 Å². The molecule has 0 bridgehead atoms. The molecule has 0 amide bonds. The molecule has 0 spiro atoms. The van der Waals surface area contributed by atoms with Crippen molar-refractivity contribution in [2.24, 2.45) is 7.05 Å². The minimum Gasteiger partial charge on any atom is -1.00 e. The number of para-hydroxylation sites is 2. The normalized spacial score (nSPS) is 11.3. The van der Waals surface area contributed by atoms with Crippen LogP contribution in [0, 0.1) is 0 Å². The number of nitrogens with zero attached hydrogens (tertiary/aromatic N) is 2. The molecular weight excluding hydrogens is 514 g/mol. The Balaban J connectivity index is 0.00000231. The van der Waals surface area contributed by atoms with Crippen LogP contribution in [0.5, 0.6) is 0 Å². The summed E-state index contributed by atoms with van der Waals surface area (Å²) in [5, 5.41) is 2.52. The molecular formula is C26H22IN2OP. The minimum atomic E-state index is -3.00. The van der Waals surface area contributed by atoms with Crippen LogP contribution >= 0.6 is 7.14 Å². The van der Waals surface area contributed by atoms with E-state index in [2.05, 4.69) is 39.7 Å². The first-order valence-electron chi connectivity index (χ1n) is 9.96. The summed E-state index contributed by atoms with van der Waals surface area (Å²) in [6.45, 7) is 0. The number of hydrogen-bond acceptors (Lipinski definition) is 1. The second kappa shape index (κ2) is 8.81. The highest BCUT2D eigenvalue weighted by Gasteiger charge is 2.30. The second-order valence-electron chi connectivity index (χ2n) is 7.39. The Bertz CT molecular complexity index is 1340. The van der Waals surface area contributed by atoms with Crippen LogP contribution in [-0.4, -0.2) is 4.57 Å². The molecule has 1 aromatic heterocycles. The number of halogens is 1. The zero-order valence-corrected chi connectivity index (χ0v) is 20.1. The maximum Gasteiger partial charge on any atom is 0.249 e. The highest BCUT2D eigenvalue weighted by Crippen LogP contribution is 2.42. The van der Waals surface area contributed by atoms with Gasteiger partial charge in [0, 0.05) is 15.9 Å². The van der Waals surface area contributed by atoms with Crippen LogP contribution in [0.15, 0.2) is 116 Å². The molecule has 154 valence electrons. The van der Waals surface area contributed by atoms with Crippen molar-refractivity contribution in [3.8, 4) is 5.69 Å². The number of benzene rings is 4. The number of aryl methyl sites for hydroxylation is 1. The van der Waals surface area contributed by atoms with Gasteiger partial charge in [0.15, 0.2) is 18.2 Å². The van der Waals surface area contributed by atoms with E-state index in [0.29, 0.717) is 0 Å². The zero-order valence-electron chi connectivity index (χ0n) is 17.1. The van der Waals surface area contributed by atoms with Crippen LogP contribution in [0.4, 0.5) is 0 Å². The van der Waals surface area contributed by atoms with Gasteiger partial charge in [0.1, 0.15) is 5.69 Å². The Labute approximate surface area is 199 Å². The van der Waals surface area contributed by atoms with Crippen molar-refractivity contribution in [1.29, 1.82) is 0 Å². The molecule has 0 aliphatic rings. The largest absolute Gasteiger partial charge is 1.00 e.